The Bertz CT molecular complexity index is 424. The molecule has 0 aromatic heterocycles. The number of carbonyl (C=O) groups excluding carboxylic acids is 1. The molecule has 3 rings (SSSR count). The van der Waals surface area contributed by atoms with Gasteiger partial charge < -0.3 is 23.7 Å². The summed E-state index contributed by atoms with van der Waals surface area (Å²) in [6.45, 7) is 2.06. The Morgan fingerprint density at radius 1 is 1.18 bits per heavy atom. The number of hydrogen-bond donors (Lipinski definition) is 0. The Balaban J connectivity index is 1.41. The molecule has 122 valence electrons. The summed E-state index contributed by atoms with van der Waals surface area (Å²) in [5, 5.41) is 8.45. The topological polar surface area (TPSA) is 87.0 Å². The molecular formula is C15H21NO6. The first-order chi connectivity index (χ1) is 10.7. The quantitative estimate of drug-likeness (QED) is 0.716. The minimum atomic E-state index is -0.541. The molecule has 0 aromatic rings. The summed E-state index contributed by atoms with van der Waals surface area (Å²) < 4.78 is 28.1. The van der Waals surface area contributed by atoms with E-state index < -0.39 is 11.8 Å². The summed E-state index contributed by atoms with van der Waals surface area (Å²) >= 11 is 0. The average Bonchev–Trinajstić information content (AvgIpc) is 2.97. The number of nitrogens with zero attached hydrogens (tertiary/aromatic N) is 1. The van der Waals surface area contributed by atoms with Crippen LogP contribution in [-0.4, -0.2) is 56.5 Å². The van der Waals surface area contributed by atoms with Crippen LogP contribution in [0.25, 0.3) is 0 Å². The zero-order valence-electron chi connectivity index (χ0n) is 12.5. The number of carbonyl (C=O) groups is 1. The predicted octanol–water partition coefficient (Wildman–Crippen LogP) is 0.913. The molecule has 0 aromatic carbocycles. The van der Waals surface area contributed by atoms with Crippen molar-refractivity contribution in [2.24, 2.45) is 0 Å². The van der Waals surface area contributed by atoms with Crippen molar-refractivity contribution in [3.05, 3.63) is 0 Å². The van der Waals surface area contributed by atoms with Crippen molar-refractivity contribution in [3.8, 4) is 6.07 Å². The van der Waals surface area contributed by atoms with E-state index in [1.54, 1.807) is 6.07 Å². The van der Waals surface area contributed by atoms with Gasteiger partial charge in [-0.3, -0.25) is 4.79 Å². The van der Waals surface area contributed by atoms with E-state index in [4.69, 9.17) is 28.9 Å². The van der Waals surface area contributed by atoms with Crippen LogP contribution in [0.2, 0.25) is 0 Å². The number of esters is 1. The fourth-order valence-corrected chi connectivity index (χ4v) is 3.20. The Kier molecular flexibility index (Phi) is 4.93. The van der Waals surface area contributed by atoms with Crippen molar-refractivity contribution >= 4 is 5.97 Å². The highest BCUT2D eigenvalue weighted by molar-refractivity contribution is 5.71. The molecule has 3 aliphatic rings. The van der Waals surface area contributed by atoms with Crippen molar-refractivity contribution in [3.63, 3.8) is 0 Å². The van der Waals surface area contributed by atoms with Gasteiger partial charge in [0.15, 0.2) is 5.79 Å². The van der Waals surface area contributed by atoms with Gasteiger partial charge in [0.25, 0.3) is 0 Å². The summed E-state index contributed by atoms with van der Waals surface area (Å²) in [7, 11) is 0. The lowest BCUT2D eigenvalue weighted by Crippen LogP contribution is -2.48. The smallest absolute Gasteiger partial charge is 0.320 e. The molecule has 3 fully saturated rings. The maximum Gasteiger partial charge on any atom is 0.320 e. The van der Waals surface area contributed by atoms with E-state index in [1.165, 1.54) is 0 Å². The second kappa shape index (κ2) is 6.92. The zero-order chi connectivity index (χ0) is 15.4. The Hall–Kier alpha value is -1.20. The van der Waals surface area contributed by atoms with Gasteiger partial charge in [-0.1, -0.05) is 0 Å². The van der Waals surface area contributed by atoms with Gasteiger partial charge in [0.1, 0.15) is 19.1 Å². The second-order valence-electron chi connectivity index (χ2n) is 5.89. The fraction of sp³-hybridized carbons (Fsp3) is 0.867. The summed E-state index contributed by atoms with van der Waals surface area (Å²) in [5.41, 5.74) is 0. The highest BCUT2D eigenvalue weighted by Gasteiger charge is 2.43. The minimum Gasteiger partial charge on any atom is -0.459 e. The van der Waals surface area contributed by atoms with Crippen LogP contribution < -0.4 is 0 Å². The van der Waals surface area contributed by atoms with Gasteiger partial charge in [-0.15, -0.1) is 0 Å². The van der Waals surface area contributed by atoms with E-state index in [-0.39, 0.29) is 24.7 Å². The lowest BCUT2D eigenvalue weighted by Gasteiger charge is -2.40. The minimum absolute atomic E-state index is 0.0182. The molecule has 0 radical (unpaired) electrons. The van der Waals surface area contributed by atoms with Crippen molar-refractivity contribution in [1.82, 2.24) is 0 Å². The Morgan fingerprint density at radius 2 is 1.95 bits per heavy atom. The maximum absolute atomic E-state index is 11.3. The van der Waals surface area contributed by atoms with Crippen LogP contribution >= 0.6 is 0 Å². The van der Waals surface area contributed by atoms with Gasteiger partial charge in [-0.05, 0) is 19.3 Å². The largest absolute Gasteiger partial charge is 0.459 e. The molecule has 0 aliphatic carbocycles. The van der Waals surface area contributed by atoms with Crippen LogP contribution in [0.4, 0.5) is 0 Å². The van der Waals surface area contributed by atoms with Crippen molar-refractivity contribution in [1.29, 1.82) is 5.26 Å². The van der Waals surface area contributed by atoms with Crippen LogP contribution in [0.15, 0.2) is 0 Å². The van der Waals surface area contributed by atoms with Crippen molar-refractivity contribution < 1.29 is 28.5 Å². The third-order valence-electron chi connectivity index (χ3n) is 4.35. The van der Waals surface area contributed by atoms with E-state index in [0.29, 0.717) is 26.4 Å². The zero-order valence-corrected chi connectivity index (χ0v) is 12.5. The number of rotatable bonds is 3. The first-order valence-corrected chi connectivity index (χ1v) is 7.78. The number of hydrogen-bond acceptors (Lipinski definition) is 7. The molecule has 0 amide bonds. The molecule has 3 saturated heterocycles. The van der Waals surface area contributed by atoms with Crippen LogP contribution in [-0.2, 0) is 28.5 Å². The average molecular weight is 311 g/mol. The summed E-state index contributed by atoms with van der Waals surface area (Å²) in [4.78, 5) is 11.3. The standard InChI is InChI=1S/C15H21NO6/c16-6-4-14(17)22-11-1-2-12(18-9-11)13-3-5-15(10-19-13)20-7-8-21-15/h11-13H,1-5,7-10H2/t11-,12+,13?/m1/s1. The summed E-state index contributed by atoms with van der Waals surface area (Å²) in [6.07, 6.45) is 2.76. The molecule has 7 heteroatoms. The van der Waals surface area contributed by atoms with Crippen molar-refractivity contribution in [2.45, 2.75) is 56.2 Å². The molecule has 0 bridgehead atoms. The van der Waals surface area contributed by atoms with E-state index in [2.05, 4.69) is 0 Å². The Morgan fingerprint density at radius 3 is 2.55 bits per heavy atom. The molecule has 0 saturated carbocycles. The number of ether oxygens (including phenoxy) is 5. The van der Waals surface area contributed by atoms with E-state index in [0.717, 1.165) is 25.7 Å². The third kappa shape index (κ3) is 3.58. The molecule has 3 aliphatic heterocycles. The second-order valence-corrected chi connectivity index (χ2v) is 5.89. The van der Waals surface area contributed by atoms with Gasteiger partial charge in [-0.2, -0.15) is 5.26 Å². The molecule has 7 nitrogen and oxygen atoms in total. The molecule has 3 atom stereocenters. The molecule has 0 N–H and O–H groups in total. The third-order valence-corrected chi connectivity index (χ3v) is 4.35. The highest BCUT2D eigenvalue weighted by atomic mass is 16.8. The van der Waals surface area contributed by atoms with Gasteiger partial charge in [0.05, 0.1) is 38.1 Å². The maximum atomic E-state index is 11.3. The van der Waals surface area contributed by atoms with Gasteiger partial charge in [0, 0.05) is 6.42 Å². The molecular weight excluding hydrogens is 290 g/mol. The molecule has 22 heavy (non-hydrogen) atoms. The van der Waals surface area contributed by atoms with Crippen LogP contribution in [0, 0.1) is 11.3 Å². The van der Waals surface area contributed by atoms with E-state index in [1.807, 2.05) is 0 Å². The van der Waals surface area contributed by atoms with Gasteiger partial charge >= 0.3 is 5.97 Å². The van der Waals surface area contributed by atoms with Crippen molar-refractivity contribution in [2.75, 3.05) is 26.4 Å². The lowest BCUT2D eigenvalue weighted by molar-refractivity contribution is -0.250. The number of nitriles is 1. The molecule has 3 heterocycles. The summed E-state index contributed by atoms with van der Waals surface area (Å²) in [5.74, 6) is -1.03. The monoisotopic (exact) mass is 311 g/mol. The highest BCUT2D eigenvalue weighted by Crippen LogP contribution is 2.34. The SMILES string of the molecule is N#CCC(=O)O[C@@H]1CC[C@@H](C2CCC3(CO2)OCCO3)OC1. The first kappa shape index (κ1) is 15.7. The molecule has 1 unspecified atom stereocenters. The van der Waals surface area contributed by atoms with Crippen LogP contribution in [0.5, 0.6) is 0 Å². The van der Waals surface area contributed by atoms with Gasteiger partial charge in [-0.25, -0.2) is 0 Å². The fourth-order valence-electron chi connectivity index (χ4n) is 3.20. The van der Waals surface area contributed by atoms with E-state index >= 15 is 0 Å². The normalized spacial score (nSPS) is 34.2. The molecule has 1 spiro atoms. The van der Waals surface area contributed by atoms with Gasteiger partial charge in [0.2, 0.25) is 0 Å². The first-order valence-electron chi connectivity index (χ1n) is 7.78. The Labute approximate surface area is 129 Å². The lowest BCUT2D eigenvalue weighted by atomic mass is 9.95. The van der Waals surface area contributed by atoms with Crippen LogP contribution in [0.1, 0.15) is 32.1 Å². The predicted molar refractivity (Wildman–Crippen MR) is 72.7 cm³/mol. The summed E-state index contributed by atoms with van der Waals surface area (Å²) in [6, 6.07) is 1.78. The van der Waals surface area contributed by atoms with Crippen LogP contribution in [0.3, 0.4) is 0 Å². The van der Waals surface area contributed by atoms with E-state index in [9.17, 15) is 4.79 Å².